The summed E-state index contributed by atoms with van der Waals surface area (Å²) < 4.78 is 5.31. The number of furan rings is 1. The number of nitrogens with zero attached hydrogens (tertiary/aromatic N) is 2. The summed E-state index contributed by atoms with van der Waals surface area (Å²) in [5, 5.41) is 14.2. The lowest BCUT2D eigenvalue weighted by Gasteiger charge is -2.33. The quantitative estimate of drug-likeness (QED) is 0.665. The van der Waals surface area contributed by atoms with Crippen LogP contribution in [-0.2, 0) is 4.79 Å². The molecule has 0 saturated carbocycles. The van der Waals surface area contributed by atoms with Crippen LogP contribution < -0.4 is 10.2 Å². The molecule has 1 saturated heterocycles. The van der Waals surface area contributed by atoms with Gasteiger partial charge in [-0.2, -0.15) is 0 Å². The van der Waals surface area contributed by atoms with Crippen LogP contribution in [-0.4, -0.2) is 23.9 Å². The second-order valence-electron chi connectivity index (χ2n) is 6.25. The average molecular weight is 343 g/mol. The van der Waals surface area contributed by atoms with Crippen LogP contribution in [0.2, 0.25) is 0 Å². The van der Waals surface area contributed by atoms with Gasteiger partial charge in [0.2, 0.25) is 5.91 Å². The fourth-order valence-electron chi connectivity index (χ4n) is 3.21. The van der Waals surface area contributed by atoms with Crippen LogP contribution in [0.15, 0.2) is 47.1 Å². The predicted molar refractivity (Wildman–Crippen MR) is 93.3 cm³/mol. The molecule has 0 bridgehead atoms. The lowest BCUT2D eigenvalue weighted by atomic mass is 9.95. The maximum Gasteiger partial charge on any atom is 0.292 e. The van der Waals surface area contributed by atoms with E-state index < -0.39 is 0 Å². The van der Waals surface area contributed by atoms with Crippen molar-refractivity contribution >= 4 is 17.3 Å². The van der Waals surface area contributed by atoms with Crippen LogP contribution in [0.4, 0.5) is 11.4 Å². The van der Waals surface area contributed by atoms with Crippen LogP contribution in [0.25, 0.3) is 0 Å². The number of hydrogen-bond donors (Lipinski definition) is 1. The molecule has 1 amide bonds. The minimum Gasteiger partial charge on any atom is -0.467 e. The van der Waals surface area contributed by atoms with E-state index in [1.165, 1.54) is 6.07 Å². The first kappa shape index (κ1) is 17.0. The van der Waals surface area contributed by atoms with Crippen LogP contribution in [0.3, 0.4) is 0 Å². The molecular formula is C18H21N3O4. The molecule has 1 fully saturated rings. The molecule has 1 N–H and O–H groups in total. The van der Waals surface area contributed by atoms with Gasteiger partial charge in [0.15, 0.2) is 0 Å². The monoisotopic (exact) mass is 343 g/mol. The number of nitrogens with one attached hydrogen (secondary N) is 1. The molecule has 3 rings (SSSR count). The number of anilines is 1. The predicted octanol–water partition coefficient (Wildman–Crippen LogP) is 3.28. The number of carbonyl (C=O) groups excluding carboxylic acids is 1. The van der Waals surface area contributed by atoms with Gasteiger partial charge in [-0.15, -0.1) is 0 Å². The molecule has 1 atom stereocenters. The molecule has 0 radical (unpaired) electrons. The Morgan fingerprint density at radius 3 is 2.64 bits per heavy atom. The van der Waals surface area contributed by atoms with Crippen molar-refractivity contribution in [1.82, 2.24) is 5.32 Å². The number of carbonyl (C=O) groups is 1. The molecule has 1 aliphatic rings. The van der Waals surface area contributed by atoms with Gasteiger partial charge in [-0.1, -0.05) is 12.1 Å². The minimum absolute atomic E-state index is 0.00566. The Bertz CT molecular complexity index is 737. The summed E-state index contributed by atoms with van der Waals surface area (Å²) in [7, 11) is 0. The molecule has 2 aromatic rings. The number of benzene rings is 1. The van der Waals surface area contributed by atoms with E-state index >= 15 is 0 Å². The smallest absolute Gasteiger partial charge is 0.292 e. The first-order valence-electron chi connectivity index (χ1n) is 8.38. The SMILES string of the molecule is CC(NC(=O)C1CCN(c2ccccc2[N+](=O)[O-])CC1)c1ccco1. The maximum absolute atomic E-state index is 12.4. The molecule has 1 unspecified atom stereocenters. The highest BCUT2D eigenvalue weighted by molar-refractivity contribution is 5.79. The van der Waals surface area contributed by atoms with E-state index in [1.54, 1.807) is 30.5 Å². The molecule has 1 aromatic carbocycles. The van der Waals surface area contributed by atoms with E-state index in [0.717, 1.165) is 5.76 Å². The lowest BCUT2D eigenvalue weighted by Crippen LogP contribution is -2.41. The zero-order valence-electron chi connectivity index (χ0n) is 14.1. The van der Waals surface area contributed by atoms with Crippen molar-refractivity contribution in [3.63, 3.8) is 0 Å². The Balaban J connectivity index is 1.59. The minimum atomic E-state index is -0.362. The number of hydrogen-bond acceptors (Lipinski definition) is 5. The summed E-state index contributed by atoms with van der Waals surface area (Å²) in [4.78, 5) is 25.2. The van der Waals surface area contributed by atoms with Crippen molar-refractivity contribution in [2.45, 2.75) is 25.8 Å². The molecule has 7 heteroatoms. The van der Waals surface area contributed by atoms with Gasteiger partial charge in [0.1, 0.15) is 11.4 Å². The summed E-state index contributed by atoms with van der Waals surface area (Å²) >= 11 is 0. The molecule has 132 valence electrons. The van der Waals surface area contributed by atoms with Crippen molar-refractivity contribution in [3.8, 4) is 0 Å². The second-order valence-corrected chi connectivity index (χ2v) is 6.25. The number of nitro benzene ring substituents is 1. The van der Waals surface area contributed by atoms with Gasteiger partial charge < -0.3 is 14.6 Å². The van der Waals surface area contributed by atoms with E-state index in [9.17, 15) is 14.9 Å². The molecular weight excluding hydrogens is 322 g/mol. The molecule has 0 aliphatic carbocycles. The van der Waals surface area contributed by atoms with Crippen molar-refractivity contribution in [3.05, 3.63) is 58.5 Å². The summed E-state index contributed by atoms with van der Waals surface area (Å²) in [6, 6.07) is 10.2. The topological polar surface area (TPSA) is 88.6 Å². The second kappa shape index (κ2) is 7.38. The third kappa shape index (κ3) is 3.81. The Morgan fingerprint density at radius 1 is 1.28 bits per heavy atom. The van der Waals surface area contributed by atoms with Crippen molar-refractivity contribution in [2.24, 2.45) is 5.92 Å². The van der Waals surface area contributed by atoms with Crippen LogP contribution in [0, 0.1) is 16.0 Å². The average Bonchev–Trinajstić information content (AvgIpc) is 3.16. The summed E-state index contributed by atoms with van der Waals surface area (Å²) in [6.07, 6.45) is 2.93. The zero-order valence-corrected chi connectivity index (χ0v) is 14.1. The number of piperidine rings is 1. The van der Waals surface area contributed by atoms with Crippen LogP contribution in [0.1, 0.15) is 31.6 Å². The van der Waals surface area contributed by atoms with Crippen molar-refractivity contribution in [1.29, 1.82) is 0 Å². The van der Waals surface area contributed by atoms with Crippen molar-refractivity contribution < 1.29 is 14.1 Å². The van der Waals surface area contributed by atoms with Gasteiger partial charge in [0.05, 0.1) is 17.2 Å². The number of rotatable bonds is 5. The largest absolute Gasteiger partial charge is 0.467 e. The van der Waals surface area contributed by atoms with E-state index in [2.05, 4.69) is 5.32 Å². The fourth-order valence-corrected chi connectivity index (χ4v) is 3.21. The number of para-hydroxylation sites is 2. The highest BCUT2D eigenvalue weighted by atomic mass is 16.6. The highest BCUT2D eigenvalue weighted by Gasteiger charge is 2.28. The zero-order chi connectivity index (χ0) is 17.8. The maximum atomic E-state index is 12.4. The Morgan fingerprint density at radius 2 is 2.00 bits per heavy atom. The van der Waals surface area contributed by atoms with Gasteiger partial charge in [0, 0.05) is 25.1 Å². The van der Waals surface area contributed by atoms with Crippen molar-refractivity contribution in [2.75, 3.05) is 18.0 Å². The van der Waals surface area contributed by atoms with E-state index in [-0.39, 0.29) is 28.5 Å². The summed E-state index contributed by atoms with van der Waals surface area (Å²) in [5.74, 6) is 0.647. The molecule has 0 spiro atoms. The van der Waals surface area contributed by atoms with Gasteiger partial charge >= 0.3 is 0 Å². The normalized spacial score (nSPS) is 16.4. The fraction of sp³-hybridized carbons (Fsp3) is 0.389. The molecule has 7 nitrogen and oxygen atoms in total. The molecule has 1 aromatic heterocycles. The summed E-state index contributed by atoms with van der Waals surface area (Å²) in [6.45, 7) is 3.13. The van der Waals surface area contributed by atoms with E-state index in [0.29, 0.717) is 31.6 Å². The van der Waals surface area contributed by atoms with Gasteiger partial charge in [-0.25, -0.2) is 0 Å². The molecule has 1 aliphatic heterocycles. The lowest BCUT2D eigenvalue weighted by molar-refractivity contribution is -0.384. The number of amides is 1. The van der Waals surface area contributed by atoms with Gasteiger partial charge in [-0.3, -0.25) is 14.9 Å². The first-order valence-corrected chi connectivity index (χ1v) is 8.38. The Kier molecular flexibility index (Phi) is 5.02. The van der Waals surface area contributed by atoms with E-state index in [4.69, 9.17) is 4.42 Å². The first-order chi connectivity index (χ1) is 12.1. The third-order valence-corrected chi connectivity index (χ3v) is 4.61. The molecule has 25 heavy (non-hydrogen) atoms. The Labute approximate surface area is 145 Å². The van der Waals surface area contributed by atoms with Gasteiger partial charge in [-0.05, 0) is 38.0 Å². The Hall–Kier alpha value is -2.83. The highest BCUT2D eigenvalue weighted by Crippen LogP contribution is 2.31. The summed E-state index contributed by atoms with van der Waals surface area (Å²) in [5.41, 5.74) is 0.729. The standard InChI is InChI=1S/C18H21N3O4/c1-13(17-7-4-12-25-17)19-18(22)14-8-10-20(11-9-14)15-5-2-3-6-16(15)21(23)24/h2-7,12-14H,8-11H2,1H3,(H,19,22). The van der Waals surface area contributed by atoms with E-state index in [1.807, 2.05) is 17.9 Å². The molecule has 2 heterocycles. The third-order valence-electron chi connectivity index (χ3n) is 4.61. The van der Waals surface area contributed by atoms with Crippen LogP contribution in [0.5, 0.6) is 0 Å². The van der Waals surface area contributed by atoms with Gasteiger partial charge in [0.25, 0.3) is 5.69 Å². The number of nitro groups is 1. The van der Waals surface area contributed by atoms with Crippen LogP contribution >= 0.6 is 0 Å².